The molecule has 1 unspecified atom stereocenters. The number of nitrogens with one attached hydrogen (secondary N) is 1. The van der Waals surface area contributed by atoms with E-state index >= 15 is 0 Å². The Hall–Kier alpha value is -3.16. The number of nitrogens with zero attached hydrogens (tertiary/aromatic N) is 4. The monoisotopic (exact) mass is 355 g/mol. The molecule has 3 aromatic rings. The number of rotatable bonds is 3. The largest absolute Gasteiger partial charge is 0.453 e. The van der Waals surface area contributed by atoms with Crippen LogP contribution in [0, 0.1) is 5.82 Å². The van der Waals surface area contributed by atoms with Gasteiger partial charge in [-0.1, -0.05) is 12.1 Å². The molecule has 0 bridgehead atoms. The molecule has 8 heteroatoms. The van der Waals surface area contributed by atoms with Gasteiger partial charge in [0.15, 0.2) is 11.5 Å². The first-order valence-electron chi connectivity index (χ1n) is 8.37. The number of hydrogen-bond acceptors (Lipinski definition) is 5. The third-order valence-electron chi connectivity index (χ3n) is 4.54. The lowest BCUT2D eigenvalue weighted by Crippen LogP contribution is -2.24. The van der Waals surface area contributed by atoms with E-state index in [2.05, 4.69) is 25.0 Å². The smallest absolute Gasteiger partial charge is 0.412 e. The minimum absolute atomic E-state index is 0.0659. The van der Waals surface area contributed by atoms with Gasteiger partial charge in [-0.25, -0.2) is 14.2 Å². The summed E-state index contributed by atoms with van der Waals surface area (Å²) in [7, 11) is 1.30. The average molecular weight is 355 g/mol. The van der Waals surface area contributed by atoms with E-state index in [0.717, 1.165) is 30.8 Å². The first-order valence-corrected chi connectivity index (χ1v) is 8.37. The van der Waals surface area contributed by atoms with E-state index < -0.39 is 6.09 Å². The van der Waals surface area contributed by atoms with Crippen LogP contribution in [0.5, 0.6) is 0 Å². The van der Waals surface area contributed by atoms with E-state index in [1.54, 1.807) is 16.6 Å². The number of carbonyl (C=O) groups is 1. The van der Waals surface area contributed by atoms with Gasteiger partial charge in [0, 0.05) is 6.54 Å². The normalized spacial score (nSPS) is 16.8. The highest BCUT2D eigenvalue weighted by molar-refractivity contribution is 5.83. The lowest BCUT2D eigenvalue weighted by atomic mass is 10.0. The van der Waals surface area contributed by atoms with Crippen molar-refractivity contribution >= 4 is 23.4 Å². The Labute approximate surface area is 149 Å². The molecule has 0 spiro atoms. The molecule has 26 heavy (non-hydrogen) atoms. The van der Waals surface area contributed by atoms with E-state index in [-0.39, 0.29) is 11.9 Å². The number of ether oxygens (including phenoxy) is 1. The molecule has 1 aliphatic heterocycles. The molecule has 0 saturated carbocycles. The van der Waals surface area contributed by atoms with Gasteiger partial charge in [0.25, 0.3) is 0 Å². The first-order chi connectivity index (χ1) is 12.7. The molecule has 1 aromatic carbocycles. The third kappa shape index (κ3) is 2.94. The van der Waals surface area contributed by atoms with Gasteiger partial charge < -0.3 is 9.64 Å². The van der Waals surface area contributed by atoms with Crippen LogP contribution in [0.4, 0.5) is 20.8 Å². The average Bonchev–Trinajstić information content (AvgIpc) is 3.28. The second-order valence-electron chi connectivity index (χ2n) is 6.13. The summed E-state index contributed by atoms with van der Waals surface area (Å²) in [4.78, 5) is 17.9. The van der Waals surface area contributed by atoms with Gasteiger partial charge in [-0.3, -0.25) is 5.32 Å². The summed E-state index contributed by atoms with van der Waals surface area (Å²) in [6, 6.07) is 10.5. The van der Waals surface area contributed by atoms with Gasteiger partial charge >= 0.3 is 6.09 Å². The molecular weight excluding hydrogens is 337 g/mol. The fraction of sp³-hybridized carbons (Fsp3) is 0.278. The fourth-order valence-electron chi connectivity index (χ4n) is 3.36. The zero-order valence-electron chi connectivity index (χ0n) is 14.2. The molecular formula is C18H18FN5O2. The quantitative estimate of drug-likeness (QED) is 0.780. The van der Waals surface area contributed by atoms with Crippen molar-refractivity contribution in [1.82, 2.24) is 14.6 Å². The van der Waals surface area contributed by atoms with Crippen molar-refractivity contribution in [2.75, 3.05) is 23.9 Å². The number of anilines is 2. The van der Waals surface area contributed by atoms with Crippen LogP contribution in [-0.2, 0) is 4.74 Å². The molecule has 1 N–H and O–H groups in total. The molecule has 3 heterocycles. The highest BCUT2D eigenvalue weighted by Gasteiger charge is 2.28. The van der Waals surface area contributed by atoms with Crippen molar-refractivity contribution in [1.29, 1.82) is 0 Å². The zero-order chi connectivity index (χ0) is 18.1. The van der Waals surface area contributed by atoms with Crippen molar-refractivity contribution in [3.05, 3.63) is 54.0 Å². The fourth-order valence-corrected chi connectivity index (χ4v) is 3.36. The van der Waals surface area contributed by atoms with Crippen LogP contribution < -0.4 is 10.2 Å². The van der Waals surface area contributed by atoms with Gasteiger partial charge in [-0.05, 0) is 42.7 Å². The summed E-state index contributed by atoms with van der Waals surface area (Å²) in [6.45, 7) is 0.828. The molecule has 0 aliphatic carbocycles. The van der Waals surface area contributed by atoms with Crippen molar-refractivity contribution in [3.63, 3.8) is 0 Å². The lowest BCUT2D eigenvalue weighted by Gasteiger charge is -2.26. The summed E-state index contributed by atoms with van der Waals surface area (Å²) in [5, 5.41) is 7.21. The van der Waals surface area contributed by atoms with Crippen molar-refractivity contribution in [2.45, 2.75) is 18.9 Å². The molecule has 7 nitrogen and oxygen atoms in total. The van der Waals surface area contributed by atoms with E-state index in [0.29, 0.717) is 11.5 Å². The van der Waals surface area contributed by atoms with Gasteiger partial charge in [-0.15, -0.1) is 5.10 Å². The van der Waals surface area contributed by atoms with Crippen LogP contribution >= 0.6 is 0 Å². The number of amides is 1. The number of benzene rings is 1. The Morgan fingerprint density at radius 1 is 1.35 bits per heavy atom. The molecule has 1 amide bonds. The number of hydrogen-bond donors (Lipinski definition) is 1. The molecule has 4 rings (SSSR count). The molecule has 0 radical (unpaired) electrons. The number of halogens is 1. The number of methoxy groups -OCH3 is 1. The van der Waals surface area contributed by atoms with E-state index in [4.69, 9.17) is 0 Å². The minimum atomic E-state index is -0.585. The summed E-state index contributed by atoms with van der Waals surface area (Å²) < 4.78 is 19.8. The topological polar surface area (TPSA) is 71.8 Å². The molecule has 1 fully saturated rings. The van der Waals surface area contributed by atoms with E-state index in [1.165, 1.54) is 19.4 Å². The minimum Gasteiger partial charge on any atom is -0.453 e. The maximum Gasteiger partial charge on any atom is 0.412 e. The van der Waals surface area contributed by atoms with Crippen molar-refractivity contribution in [2.24, 2.45) is 0 Å². The van der Waals surface area contributed by atoms with E-state index in [9.17, 15) is 9.18 Å². The summed E-state index contributed by atoms with van der Waals surface area (Å²) >= 11 is 0. The molecule has 1 aliphatic rings. The van der Waals surface area contributed by atoms with E-state index in [1.807, 2.05) is 18.2 Å². The maximum absolute atomic E-state index is 13.6. The van der Waals surface area contributed by atoms with Crippen molar-refractivity contribution in [3.8, 4) is 0 Å². The van der Waals surface area contributed by atoms with Gasteiger partial charge in [-0.2, -0.15) is 4.52 Å². The highest BCUT2D eigenvalue weighted by Crippen LogP contribution is 2.35. The van der Waals surface area contributed by atoms with Crippen LogP contribution in [-0.4, -0.2) is 34.3 Å². The zero-order valence-corrected chi connectivity index (χ0v) is 14.2. The Morgan fingerprint density at radius 2 is 2.23 bits per heavy atom. The van der Waals surface area contributed by atoms with Crippen LogP contribution in [0.15, 0.2) is 42.6 Å². The summed E-state index contributed by atoms with van der Waals surface area (Å²) in [6.07, 6.45) is 2.87. The molecule has 2 aromatic heterocycles. The highest BCUT2D eigenvalue weighted by atomic mass is 19.1. The molecule has 1 saturated heterocycles. The second-order valence-corrected chi connectivity index (χ2v) is 6.13. The van der Waals surface area contributed by atoms with Gasteiger partial charge in [0.1, 0.15) is 11.6 Å². The second kappa shape index (κ2) is 6.62. The summed E-state index contributed by atoms with van der Waals surface area (Å²) in [5.41, 5.74) is 1.55. The Bertz CT molecular complexity index is 958. The lowest BCUT2D eigenvalue weighted by molar-refractivity contribution is 0.186. The van der Waals surface area contributed by atoms with Crippen LogP contribution in [0.25, 0.3) is 5.65 Å². The number of aromatic nitrogens is 3. The standard InChI is InChI=1S/C18H18FN5O2/c1-26-18(25)21-17-11-20-15-7-8-16(22-24(15)17)23-9-3-6-14(23)12-4-2-5-13(19)10-12/h2,4-5,7-8,10-11,14H,3,6,9H2,1H3,(H,21,25). The number of carbonyl (C=O) groups excluding carboxylic acids is 1. The third-order valence-corrected chi connectivity index (χ3v) is 4.54. The Morgan fingerprint density at radius 3 is 3.04 bits per heavy atom. The Balaban J connectivity index is 1.69. The molecule has 1 atom stereocenters. The predicted molar refractivity (Wildman–Crippen MR) is 94.7 cm³/mol. The van der Waals surface area contributed by atoms with Crippen LogP contribution in [0.2, 0.25) is 0 Å². The number of fused-ring (bicyclic) bond motifs is 1. The first kappa shape index (κ1) is 16.3. The van der Waals surface area contributed by atoms with Crippen LogP contribution in [0.1, 0.15) is 24.4 Å². The van der Waals surface area contributed by atoms with Gasteiger partial charge in [0.05, 0.1) is 19.3 Å². The number of imidazole rings is 1. The SMILES string of the molecule is COC(=O)Nc1cnc2ccc(N3CCCC3c3cccc(F)c3)nn12. The van der Waals surface area contributed by atoms with Crippen molar-refractivity contribution < 1.29 is 13.9 Å². The van der Waals surface area contributed by atoms with Crippen LogP contribution in [0.3, 0.4) is 0 Å². The summed E-state index contributed by atoms with van der Waals surface area (Å²) in [5.74, 6) is 0.933. The Kier molecular flexibility index (Phi) is 4.16. The van der Waals surface area contributed by atoms with Gasteiger partial charge in [0.2, 0.25) is 0 Å². The molecule has 134 valence electrons. The predicted octanol–water partition coefficient (Wildman–Crippen LogP) is 3.39. The maximum atomic E-state index is 13.6.